The van der Waals surface area contributed by atoms with Crippen LogP contribution in [0.4, 0.5) is 5.82 Å². The Bertz CT molecular complexity index is 937. The van der Waals surface area contributed by atoms with E-state index in [0.717, 1.165) is 54.0 Å². The average Bonchev–Trinajstić information content (AvgIpc) is 2.72. The number of carbonyl (C=O) groups is 1. The number of carbonyl (C=O) groups excluding carboxylic acids is 1. The molecule has 1 aliphatic rings. The summed E-state index contributed by atoms with van der Waals surface area (Å²) in [5.41, 5.74) is 7.29. The summed E-state index contributed by atoms with van der Waals surface area (Å²) in [5, 5.41) is 1.04. The van der Waals surface area contributed by atoms with Gasteiger partial charge >= 0.3 is 0 Å². The van der Waals surface area contributed by atoms with Crippen LogP contribution in [0.15, 0.2) is 54.9 Å². The van der Waals surface area contributed by atoms with Crippen LogP contribution in [0.25, 0.3) is 10.9 Å². The predicted molar refractivity (Wildman–Crippen MR) is 104 cm³/mol. The van der Waals surface area contributed by atoms with Gasteiger partial charge < -0.3 is 15.4 Å². The Morgan fingerprint density at radius 1 is 1.15 bits per heavy atom. The molecule has 0 atom stereocenters. The van der Waals surface area contributed by atoms with Gasteiger partial charge in [0.15, 0.2) is 0 Å². The molecule has 1 aliphatic heterocycles. The number of piperidine rings is 1. The maximum absolute atomic E-state index is 11.4. The lowest BCUT2D eigenvalue weighted by Gasteiger charge is -2.31. The van der Waals surface area contributed by atoms with Gasteiger partial charge in [0.2, 0.25) is 5.91 Å². The van der Waals surface area contributed by atoms with Crippen molar-refractivity contribution in [1.82, 2.24) is 9.97 Å². The van der Waals surface area contributed by atoms with Gasteiger partial charge in [-0.2, -0.15) is 0 Å². The summed E-state index contributed by atoms with van der Waals surface area (Å²) in [4.78, 5) is 22.5. The van der Waals surface area contributed by atoms with Gasteiger partial charge in [-0.3, -0.25) is 9.78 Å². The van der Waals surface area contributed by atoms with E-state index in [1.165, 1.54) is 0 Å². The fourth-order valence-corrected chi connectivity index (χ4v) is 3.44. The number of fused-ring (bicyclic) bond motifs is 1. The number of para-hydroxylation sites is 1. The molecule has 1 aromatic carbocycles. The first kappa shape index (κ1) is 17.3. The number of anilines is 1. The Labute approximate surface area is 158 Å². The molecule has 1 fully saturated rings. The second kappa shape index (κ2) is 7.61. The van der Waals surface area contributed by atoms with Crippen LogP contribution in [-0.4, -0.2) is 29.0 Å². The third kappa shape index (κ3) is 3.84. The van der Waals surface area contributed by atoms with E-state index in [0.29, 0.717) is 6.61 Å². The topological polar surface area (TPSA) is 81.3 Å². The summed E-state index contributed by atoms with van der Waals surface area (Å²) in [6.07, 6.45) is 5.09. The highest BCUT2D eigenvalue weighted by Gasteiger charge is 2.24. The molecule has 138 valence electrons. The van der Waals surface area contributed by atoms with Crippen LogP contribution in [0.2, 0.25) is 0 Å². The van der Waals surface area contributed by atoms with Crippen LogP contribution < -0.4 is 15.4 Å². The Morgan fingerprint density at radius 3 is 2.74 bits per heavy atom. The van der Waals surface area contributed by atoms with Gasteiger partial charge in [0.05, 0.1) is 0 Å². The second-order valence-corrected chi connectivity index (χ2v) is 6.81. The maximum Gasteiger partial charge on any atom is 0.220 e. The predicted octanol–water partition coefficient (Wildman–Crippen LogP) is 2.91. The van der Waals surface area contributed by atoms with Crippen LogP contribution in [-0.2, 0) is 11.4 Å². The second-order valence-electron chi connectivity index (χ2n) is 6.81. The van der Waals surface area contributed by atoms with Crippen molar-refractivity contribution >= 4 is 22.6 Å². The molecule has 0 aliphatic carbocycles. The Hall–Kier alpha value is -3.15. The molecule has 0 unspecified atom stereocenters. The summed E-state index contributed by atoms with van der Waals surface area (Å²) < 4.78 is 6.01. The van der Waals surface area contributed by atoms with Crippen molar-refractivity contribution < 1.29 is 9.53 Å². The number of benzene rings is 1. The maximum atomic E-state index is 11.4. The largest absolute Gasteiger partial charge is 0.487 e. The van der Waals surface area contributed by atoms with Crippen LogP contribution in [0.1, 0.15) is 18.4 Å². The fraction of sp³-hybridized carbons (Fsp3) is 0.286. The SMILES string of the molecule is NC(=O)C1CCN(c2ccc3cccc(OCc4cccnc4)c3n2)CC1. The van der Waals surface area contributed by atoms with Crippen molar-refractivity contribution in [3.8, 4) is 5.75 Å². The molecule has 0 bridgehead atoms. The Kier molecular flexibility index (Phi) is 4.87. The summed E-state index contributed by atoms with van der Waals surface area (Å²) in [6, 6.07) is 13.9. The zero-order valence-corrected chi connectivity index (χ0v) is 15.0. The Balaban J connectivity index is 1.55. The number of nitrogens with two attached hydrogens (primary N) is 1. The lowest BCUT2D eigenvalue weighted by atomic mass is 9.96. The van der Waals surface area contributed by atoms with E-state index in [9.17, 15) is 4.79 Å². The third-order valence-electron chi connectivity index (χ3n) is 5.01. The number of hydrogen-bond acceptors (Lipinski definition) is 5. The van der Waals surface area contributed by atoms with Gasteiger partial charge in [-0.15, -0.1) is 0 Å². The zero-order valence-electron chi connectivity index (χ0n) is 15.0. The number of amides is 1. The van der Waals surface area contributed by atoms with Crippen molar-refractivity contribution in [2.45, 2.75) is 19.4 Å². The number of rotatable bonds is 5. The molecule has 6 nitrogen and oxygen atoms in total. The third-order valence-corrected chi connectivity index (χ3v) is 5.01. The molecule has 3 aromatic rings. The van der Waals surface area contributed by atoms with E-state index < -0.39 is 0 Å². The monoisotopic (exact) mass is 362 g/mol. The molecule has 6 heteroatoms. The molecular weight excluding hydrogens is 340 g/mol. The van der Waals surface area contributed by atoms with Gasteiger partial charge in [-0.25, -0.2) is 4.98 Å². The van der Waals surface area contributed by atoms with Crippen LogP contribution >= 0.6 is 0 Å². The van der Waals surface area contributed by atoms with Crippen LogP contribution in [0.3, 0.4) is 0 Å². The van der Waals surface area contributed by atoms with E-state index in [-0.39, 0.29) is 11.8 Å². The van der Waals surface area contributed by atoms with Gasteiger partial charge in [0.25, 0.3) is 0 Å². The van der Waals surface area contributed by atoms with Gasteiger partial charge in [-0.05, 0) is 37.1 Å². The van der Waals surface area contributed by atoms with Crippen molar-refractivity contribution in [2.24, 2.45) is 11.7 Å². The molecule has 0 saturated carbocycles. The first-order valence-corrected chi connectivity index (χ1v) is 9.16. The summed E-state index contributed by atoms with van der Waals surface area (Å²) in [5.74, 6) is 1.43. The molecule has 0 radical (unpaired) electrons. The highest BCUT2D eigenvalue weighted by molar-refractivity contribution is 5.86. The van der Waals surface area contributed by atoms with E-state index >= 15 is 0 Å². The van der Waals surface area contributed by atoms with Gasteiger partial charge in [0, 0.05) is 42.4 Å². The van der Waals surface area contributed by atoms with Crippen molar-refractivity contribution in [2.75, 3.05) is 18.0 Å². The lowest BCUT2D eigenvalue weighted by Crippen LogP contribution is -2.38. The van der Waals surface area contributed by atoms with Crippen molar-refractivity contribution in [1.29, 1.82) is 0 Å². The molecular formula is C21H22N4O2. The first-order chi connectivity index (χ1) is 13.2. The van der Waals surface area contributed by atoms with Gasteiger partial charge in [-0.1, -0.05) is 18.2 Å². The molecule has 3 heterocycles. The smallest absolute Gasteiger partial charge is 0.220 e. The van der Waals surface area contributed by atoms with E-state index in [2.05, 4.69) is 16.0 Å². The first-order valence-electron chi connectivity index (χ1n) is 9.16. The molecule has 1 saturated heterocycles. The Morgan fingerprint density at radius 2 is 2.00 bits per heavy atom. The van der Waals surface area contributed by atoms with E-state index in [4.69, 9.17) is 15.5 Å². The van der Waals surface area contributed by atoms with E-state index in [1.807, 2.05) is 36.4 Å². The number of aromatic nitrogens is 2. The highest BCUT2D eigenvalue weighted by atomic mass is 16.5. The molecule has 2 aromatic heterocycles. The minimum absolute atomic E-state index is 0.0277. The number of hydrogen-bond donors (Lipinski definition) is 1. The fourth-order valence-electron chi connectivity index (χ4n) is 3.44. The summed E-state index contributed by atoms with van der Waals surface area (Å²) in [7, 11) is 0. The quantitative estimate of drug-likeness (QED) is 0.755. The van der Waals surface area contributed by atoms with E-state index in [1.54, 1.807) is 12.4 Å². The minimum Gasteiger partial charge on any atom is -0.487 e. The number of ether oxygens (including phenoxy) is 1. The standard InChI is InChI=1S/C21H22N4O2/c22-21(26)17-8-11-25(12-9-17)19-7-6-16-4-1-5-18(20(16)24-19)27-14-15-3-2-10-23-13-15/h1-7,10,13,17H,8-9,11-12,14H2,(H2,22,26). The molecule has 27 heavy (non-hydrogen) atoms. The summed E-state index contributed by atoms with van der Waals surface area (Å²) in [6.45, 7) is 2.01. The van der Waals surface area contributed by atoms with Gasteiger partial charge in [0.1, 0.15) is 23.7 Å². The molecule has 0 spiro atoms. The minimum atomic E-state index is -0.202. The lowest BCUT2D eigenvalue weighted by molar-refractivity contribution is -0.122. The van der Waals surface area contributed by atoms with Crippen molar-refractivity contribution in [3.63, 3.8) is 0 Å². The number of nitrogens with zero attached hydrogens (tertiary/aromatic N) is 3. The van der Waals surface area contributed by atoms with Crippen LogP contribution in [0.5, 0.6) is 5.75 Å². The average molecular weight is 362 g/mol. The summed E-state index contributed by atoms with van der Waals surface area (Å²) >= 11 is 0. The zero-order chi connectivity index (χ0) is 18.6. The molecule has 4 rings (SSSR count). The molecule has 2 N–H and O–H groups in total. The highest BCUT2D eigenvalue weighted by Crippen LogP contribution is 2.29. The van der Waals surface area contributed by atoms with Crippen LogP contribution in [0, 0.1) is 5.92 Å². The van der Waals surface area contributed by atoms with Crippen molar-refractivity contribution in [3.05, 3.63) is 60.4 Å². The number of pyridine rings is 2. The number of primary amides is 1. The molecule has 1 amide bonds. The normalized spacial score (nSPS) is 15.0.